The lowest BCUT2D eigenvalue weighted by molar-refractivity contribution is 0.0903. The maximum Gasteiger partial charge on any atom is 0.269 e. The van der Waals surface area contributed by atoms with Crippen LogP contribution in [0.3, 0.4) is 0 Å². The summed E-state index contributed by atoms with van der Waals surface area (Å²) in [6.45, 7) is 2.04. The smallest absolute Gasteiger partial charge is 0.269 e. The van der Waals surface area contributed by atoms with Crippen LogP contribution < -0.4 is 21.5 Å². The lowest BCUT2D eigenvalue weighted by Crippen LogP contribution is -2.31. The molecule has 1 aromatic carbocycles. The second-order valence-electron chi connectivity index (χ2n) is 7.00. The summed E-state index contributed by atoms with van der Waals surface area (Å²) in [7, 11) is 0. The first-order chi connectivity index (χ1) is 15.3. The Balaban J connectivity index is 1.27. The monoisotopic (exact) mass is 420 g/mol. The van der Waals surface area contributed by atoms with Gasteiger partial charge >= 0.3 is 0 Å². The predicted molar refractivity (Wildman–Crippen MR) is 116 cm³/mol. The topological polar surface area (TPSA) is 126 Å². The van der Waals surface area contributed by atoms with E-state index in [0.29, 0.717) is 35.9 Å². The van der Waals surface area contributed by atoms with E-state index in [4.69, 9.17) is 4.74 Å². The first-order valence-corrected chi connectivity index (χ1v) is 10.1. The maximum absolute atomic E-state index is 12.4. The van der Waals surface area contributed by atoms with Crippen LogP contribution in [0.1, 0.15) is 28.8 Å². The van der Waals surface area contributed by atoms with Gasteiger partial charge in [-0.15, -0.1) is 0 Å². The fourth-order valence-electron chi connectivity index (χ4n) is 3.06. The van der Waals surface area contributed by atoms with Gasteiger partial charge < -0.3 is 15.4 Å². The van der Waals surface area contributed by atoms with Crippen molar-refractivity contribution in [3.63, 3.8) is 0 Å². The van der Waals surface area contributed by atoms with Crippen LogP contribution in [-0.4, -0.2) is 45.1 Å². The van der Waals surface area contributed by atoms with Crippen molar-refractivity contribution in [1.82, 2.24) is 25.4 Å². The van der Waals surface area contributed by atoms with Gasteiger partial charge in [0.05, 0.1) is 0 Å². The molecule has 1 aliphatic rings. The first kappa shape index (κ1) is 20.5. The van der Waals surface area contributed by atoms with Crippen LogP contribution in [0.2, 0.25) is 0 Å². The van der Waals surface area contributed by atoms with Crippen LogP contribution in [0, 0.1) is 0 Å². The van der Waals surface area contributed by atoms with Crippen LogP contribution in [0.4, 0.5) is 17.7 Å². The molecule has 0 saturated carbocycles. The number of benzene rings is 1. The van der Waals surface area contributed by atoms with E-state index in [9.17, 15) is 4.79 Å². The Labute approximate surface area is 179 Å². The molecule has 10 nitrogen and oxygen atoms in total. The molecular weight excluding hydrogens is 396 g/mol. The van der Waals surface area contributed by atoms with E-state index in [2.05, 4.69) is 41.4 Å². The van der Waals surface area contributed by atoms with Crippen LogP contribution in [-0.2, 0) is 11.3 Å². The molecule has 0 atom stereocenters. The Morgan fingerprint density at radius 2 is 1.71 bits per heavy atom. The summed E-state index contributed by atoms with van der Waals surface area (Å²) in [5, 5.41) is 6.43. The van der Waals surface area contributed by atoms with E-state index >= 15 is 0 Å². The fraction of sp³-hybridized carbons (Fsp3) is 0.286. The molecule has 3 aromatic rings. The molecule has 4 rings (SSSR count). The van der Waals surface area contributed by atoms with Crippen molar-refractivity contribution in [2.24, 2.45) is 0 Å². The maximum atomic E-state index is 12.4. The number of amides is 1. The van der Waals surface area contributed by atoms with Crippen molar-refractivity contribution < 1.29 is 9.53 Å². The van der Waals surface area contributed by atoms with Crippen molar-refractivity contribution in [2.75, 3.05) is 29.3 Å². The first-order valence-electron chi connectivity index (χ1n) is 10.1. The lowest BCUT2D eigenvalue weighted by Gasteiger charge is -2.23. The molecule has 0 aliphatic carbocycles. The van der Waals surface area contributed by atoms with Gasteiger partial charge in [-0.3, -0.25) is 15.6 Å². The third-order valence-corrected chi connectivity index (χ3v) is 4.75. The highest BCUT2D eigenvalue weighted by Gasteiger charge is 2.14. The minimum Gasteiger partial charge on any atom is -0.381 e. The van der Waals surface area contributed by atoms with Crippen molar-refractivity contribution in [3.05, 3.63) is 66.1 Å². The number of hydrogen-bond donors (Lipinski definition) is 4. The molecule has 1 fully saturated rings. The largest absolute Gasteiger partial charge is 0.381 e. The Kier molecular flexibility index (Phi) is 6.81. The van der Waals surface area contributed by atoms with Gasteiger partial charge in [0.25, 0.3) is 5.91 Å². The average molecular weight is 420 g/mol. The highest BCUT2D eigenvalue weighted by atomic mass is 16.5. The predicted octanol–water partition coefficient (Wildman–Crippen LogP) is 2.23. The molecule has 0 unspecified atom stereocenters. The molecule has 31 heavy (non-hydrogen) atoms. The zero-order chi connectivity index (χ0) is 21.3. The zero-order valence-electron chi connectivity index (χ0n) is 16.9. The van der Waals surface area contributed by atoms with E-state index in [1.54, 1.807) is 42.9 Å². The van der Waals surface area contributed by atoms with Gasteiger partial charge in [-0.25, -0.2) is 15.0 Å². The van der Waals surface area contributed by atoms with Gasteiger partial charge in [-0.2, -0.15) is 4.98 Å². The Hall–Kier alpha value is -3.79. The zero-order valence-corrected chi connectivity index (χ0v) is 16.9. The minimum atomic E-state index is -0.261. The molecule has 160 valence electrons. The van der Waals surface area contributed by atoms with Crippen LogP contribution in [0.15, 0.2) is 55.0 Å². The third kappa shape index (κ3) is 6.09. The standard InChI is InChI=1S/C21H24N8O2/c30-19(16-4-2-15(3-5-16)14-25-20-22-9-1-10-23-20)29-28-18-6-11-24-21(27-18)26-17-7-12-31-13-8-17/h1-6,9-11,17H,7-8,12-14H2,(H,29,30)(H,22,23,25)(H2,24,26,27,28). The Morgan fingerprint density at radius 3 is 2.48 bits per heavy atom. The Bertz CT molecular complexity index is 978. The van der Waals surface area contributed by atoms with Crippen LogP contribution in [0.5, 0.6) is 0 Å². The van der Waals surface area contributed by atoms with Gasteiger partial charge in [-0.1, -0.05) is 12.1 Å². The van der Waals surface area contributed by atoms with E-state index < -0.39 is 0 Å². The molecule has 3 heterocycles. The minimum absolute atomic E-state index is 0.261. The number of ether oxygens (including phenoxy) is 1. The number of hydrazine groups is 1. The highest BCUT2D eigenvalue weighted by Crippen LogP contribution is 2.13. The van der Waals surface area contributed by atoms with Gasteiger partial charge in [0.2, 0.25) is 11.9 Å². The fourth-order valence-corrected chi connectivity index (χ4v) is 3.06. The Morgan fingerprint density at radius 1 is 0.968 bits per heavy atom. The second-order valence-corrected chi connectivity index (χ2v) is 7.00. The van der Waals surface area contributed by atoms with E-state index in [1.807, 2.05) is 12.1 Å². The summed E-state index contributed by atoms with van der Waals surface area (Å²) in [5.74, 6) is 1.32. The van der Waals surface area contributed by atoms with Crippen molar-refractivity contribution in [3.8, 4) is 0 Å². The lowest BCUT2D eigenvalue weighted by atomic mass is 10.1. The summed E-state index contributed by atoms with van der Waals surface area (Å²) < 4.78 is 5.36. The third-order valence-electron chi connectivity index (χ3n) is 4.75. The van der Waals surface area contributed by atoms with Gasteiger partial charge in [-0.05, 0) is 36.6 Å². The van der Waals surface area contributed by atoms with Crippen molar-refractivity contribution >= 4 is 23.6 Å². The van der Waals surface area contributed by atoms with Crippen LogP contribution in [0.25, 0.3) is 0 Å². The number of rotatable bonds is 8. The number of carbonyl (C=O) groups excluding carboxylic acids is 1. The molecule has 10 heteroatoms. The van der Waals surface area contributed by atoms with Gasteiger partial charge in [0.15, 0.2) is 0 Å². The van der Waals surface area contributed by atoms with E-state index in [1.165, 1.54) is 0 Å². The molecule has 1 amide bonds. The van der Waals surface area contributed by atoms with Gasteiger partial charge in [0.1, 0.15) is 5.82 Å². The summed E-state index contributed by atoms with van der Waals surface area (Å²) in [5.41, 5.74) is 7.04. The molecule has 0 spiro atoms. The summed E-state index contributed by atoms with van der Waals surface area (Å²) in [6.07, 6.45) is 6.83. The molecular formula is C21H24N8O2. The second kappa shape index (κ2) is 10.3. The molecule has 1 saturated heterocycles. The van der Waals surface area contributed by atoms with Crippen LogP contribution >= 0.6 is 0 Å². The van der Waals surface area contributed by atoms with Gasteiger partial charge in [0, 0.05) is 56.0 Å². The number of nitrogens with zero attached hydrogens (tertiary/aromatic N) is 4. The number of hydrogen-bond acceptors (Lipinski definition) is 9. The number of nitrogens with one attached hydrogen (secondary N) is 4. The number of carbonyl (C=O) groups is 1. The molecule has 2 aromatic heterocycles. The number of anilines is 3. The summed E-state index contributed by atoms with van der Waals surface area (Å²) >= 11 is 0. The highest BCUT2D eigenvalue weighted by molar-refractivity contribution is 5.94. The summed E-state index contributed by atoms with van der Waals surface area (Å²) in [6, 6.07) is 11.0. The van der Waals surface area contributed by atoms with Crippen molar-refractivity contribution in [2.45, 2.75) is 25.4 Å². The molecule has 4 N–H and O–H groups in total. The van der Waals surface area contributed by atoms with E-state index in [-0.39, 0.29) is 5.91 Å². The molecule has 1 aliphatic heterocycles. The summed E-state index contributed by atoms with van der Waals surface area (Å²) in [4.78, 5) is 29.3. The quantitative estimate of drug-likeness (QED) is 0.406. The number of aromatic nitrogens is 4. The molecule has 0 radical (unpaired) electrons. The average Bonchev–Trinajstić information content (AvgIpc) is 2.83. The SMILES string of the molecule is O=C(NNc1ccnc(NC2CCOCC2)n1)c1ccc(CNc2ncccn2)cc1. The van der Waals surface area contributed by atoms with Crippen molar-refractivity contribution in [1.29, 1.82) is 0 Å². The molecule has 0 bridgehead atoms. The normalized spacial score (nSPS) is 13.9. The van der Waals surface area contributed by atoms with E-state index in [0.717, 1.165) is 31.6 Å².